The molecule has 0 radical (unpaired) electrons. The van der Waals surface area contributed by atoms with Crippen molar-refractivity contribution in [2.45, 2.75) is 88.9 Å². The van der Waals surface area contributed by atoms with Gasteiger partial charge in [-0.2, -0.15) is 0 Å². The molecule has 0 saturated carbocycles. The molecular formula is C76H84N4O15. The summed E-state index contributed by atoms with van der Waals surface area (Å²) in [6, 6.07) is 23.6. The number of likely N-dealkylation sites (N-methyl/N-ethyl adjacent to an activating group) is 1. The number of phenolic OH excluding ortho intramolecular Hbond substituents is 6. The van der Waals surface area contributed by atoms with Crippen LogP contribution in [-0.4, -0.2) is 133 Å². The smallest absolute Gasteiger partial charge is 0.168 e. The molecule has 0 aromatic heterocycles. The zero-order valence-electron chi connectivity index (χ0n) is 55.9. The van der Waals surface area contributed by atoms with E-state index in [1.807, 2.05) is 54.6 Å². The first-order valence-corrected chi connectivity index (χ1v) is 32.3. The molecule has 5 atom stereocenters. The van der Waals surface area contributed by atoms with Crippen molar-refractivity contribution in [2.24, 2.45) is 0 Å². The standard InChI is InChI=1S/3C19H21NO4.C19H21NO3/c1-9-8-20-13-4-10-5-14(21)16(23-2)7-12(10)18-17(13)11(9)6-15(22)19(18)24-3;1-20-5-4-10-7-15(22)19(24-3)18-12-9-16(23-2)14(21)8-11(12)6-13(20)17(10)18;1-22-15-8-11-6-13-17-10(4-5-20-13)7-14(21)19(24-3)18(17)12(11)9-16(15)23-2;1-10-6-11-4-5-20-14-7-12-8-15(21)16(22-2)9-13(12)18(17(11)14)19(10)23-3/h5-7,9,13,20-22H,4,8H2,1-3H3;7-9,13,21-22H,4-6H2,1-3H3;7-9,13,20-21H,4-6H2,1-3H3;6,8-9,14,20-21H,4-5,7H2,1-3H3/t9?,13-;2*13-;14-/m0000/s1. The van der Waals surface area contributed by atoms with Gasteiger partial charge in [0.15, 0.2) is 80.5 Å². The number of rotatable bonds is 9. The fraction of sp³-hybridized carbons (Fsp3) is 0.368. The molecule has 9 N–H and O–H groups in total. The third-order valence-electron chi connectivity index (χ3n) is 20.5. The van der Waals surface area contributed by atoms with Crippen LogP contribution in [0.3, 0.4) is 0 Å². The van der Waals surface area contributed by atoms with E-state index in [0.29, 0.717) is 46.2 Å². The van der Waals surface area contributed by atoms with Gasteiger partial charge in [-0.3, -0.25) is 4.90 Å². The molecular weight excluding hydrogens is 1210 g/mol. The second-order valence-electron chi connectivity index (χ2n) is 25.6. The second kappa shape index (κ2) is 25.7. The van der Waals surface area contributed by atoms with Crippen LogP contribution in [0.1, 0.15) is 109 Å². The van der Waals surface area contributed by atoms with Gasteiger partial charge in [-0.1, -0.05) is 13.0 Å². The van der Waals surface area contributed by atoms with E-state index in [-0.39, 0.29) is 58.7 Å². The Bertz CT molecular complexity index is 4380. The van der Waals surface area contributed by atoms with Crippen LogP contribution in [0.2, 0.25) is 0 Å². The maximum absolute atomic E-state index is 10.5. The molecule has 0 saturated heterocycles. The Morgan fingerprint density at radius 3 is 1.21 bits per heavy atom. The Morgan fingerprint density at radius 2 is 0.737 bits per heavy atom. The summed E-state index contributed by atoms with van der Waals surface area (Å²) in [5, 5.41) is 72.6. The first-order valence-electron chi connectivity index (χ1n) is 32.3. The molecule has 19 heteroatoms. The molecule has 0 amide bonds. The van der Waals surface area contributed by atoms with Crippen LogP contribution in [0.15, 0.2) is 72.8 Å². The fourth-order valence-electron chi connectivity index (χ4n) is 16.2. The minimum absolute atomic E-state index is 0.128. The van der Waals surface area contributed by atoms with Gasteiger partial charge in [0.25, 0.3) is 0 Å². The Morgan fingerprint density at radius 1 is 0.368 bits per heavy atom. The lowest BCUT2D eigenvalue weighted by Crippen LogP contribution is -2.35. The second-order valence-corrected chi connectivity index (χ2v) is 25.6. The molecule has 0 bridgehead atoms. The first kappa shape index (κ1) is 64.3. The van der Waals surface area contributed by atoms with E-state index in [4.69, 9.17) is 42.6 Å². The van der Waals surface area contributed by atoms with Crippen LogP contribution in [-0.2, 0) is 44.9 Å². The highest BCUT2D eigenvalue weighted by atomic mass is 16.5. The summed E-state index contributed by atoms with van der Waals surface area (Å²) < 4.78 is 49.2. The van der Waals surface area contributed by atoms with E-state index in [1.54, 1.807) is 61.9 Å². The van der Waals surface area contributed by atoms with E-state index < -0.39 is 0 Å². The minimum Gasteiger partial charge on any atom is -0.504 e. The van der Waals surface area contributed by atoms with Crippen LogP contribution >= 0.6 is 0 Å². The lowest BCUT2D eigenvalue weighted by molar-refractivity contribution is 0.226. The molecule has 4 aliphatic heterocycles. The summed E-state index contributed by atoms with van der Waals surface area (Å²) in [4.78, 5) is 2.33. The van der Waals surface area contributed by atoms with Crippen molar-refractivity contribution in [3.8, 4) is 131 Å². The van der Waals surface area contributed by atoms with Crippen LogP contribution in [0.5, 0.6) is 86.2 Å². The molecule has 498 valence electrons. The predicted molar refractivity (Wildman–Crippen MR) is 363 cm³/mol. The quantitative estimate of drug-likeness (QED) is 0.0652. The summed E-state index contributed by atoms with van der Waals surface area (Å²) >= 11 is 0. The van der Waals surface area contributed by atoms with Crippen molar-refractivity contribution < 1.29 is 73.3 Å². The highest BCUT2D eigenvalue weighted by molar-refractivity contribution is 5.88. The van der Waals surface area contributed by atoms with Crippen molar-refractivity contribution in [2.75, 3.05) is 97.2 Å². The molecule has 8 aromatic carbocycles. The predicted octanol–water partition coefficient (Wildman–Crippen LogP) is 11.9. The van der Waals surface area contributed by atoms with Gasteiger partial charge in [0.05, 0.1) is 64.0 Å². The topological polar surface area (TPSA) is 244 Å². The zero-order valence-corrected chi connectivity index (χ0v) is 55.9. The van der Waals surface area contributed by atoms with Crippen molar-refractivity contribution in [3.05, 3.63) is 145 Å². The van der Waals surface area contributed by atoms with Gasteiger partial charge in [-0.15, -0.1) is 0 Å². The van der Waals surface area contributed by atoms with Gasteiger partial charge < -0.3 is 89.2 Å². The number of methoxy groups -OCH3 is 9. The van der Waals surface area contributed by atoms with Crippen molar-refractivity contribution >= 4 is 0 Å². The van der Waals surface area contributed by atoms with E-state index in [1.165, 1.54) is 53.2 Å². The van der Waals surface area contributed by atoms with Gasteiger partial charge >= 0.3 is 0 Å². The maximum atomic E-state index is 10.5. The number of ether oxygens (including phenoxy) is 9. The summed E-state index contributed by atoms with van der Waals surface area (Å²) in [5.41, 5.74) is 23.4. The van der Waals surface area contributed by atoms with Gasteiger partial charge in [-0.05, 0) is 239 Å². The largest absolute Gasteiger partial charge is 0.504 e. The van der Waals surface area contributed by atoms with E-state index in [0.717, 1.165) is 161 Å². The molecule has 19 nitrogen and oxygen atoms in total. The summed E-state index contributed by atoms with van der Waals surface area (Å²) in [6.07, 6.45) is 6.19. The molecule has 4 aliphatic carbocycles. The number of aromatic hydroxyl groups is 6. The van der Waals surface area contributed by atoms with Crippen molar-refractivity contribution in [1.82, 2.24) is 20.9 Å². The molecule has 95 heavy (non-hydrogen) atoms. The zero-order chi connectivity index (χ0) is 67.0. The summed E-state index contributed by atoms with van der Waals surface area (Å²) in [7, 11) is 16.5. The lowest BCUT2D eigenvalue weighted by Gasteiger charge is -2.40. The Hall–Kier alpha value is -9.40. The van der Waals surface area contributed by atoms with Crippen LogP contribution in [0.25, 0.3) is 44.5 Å². The van der Waals surface area contributed by atoms with Gasteiger partial charge in [0.2, 0.25) is 0 Å². The monoisotopic (exact) mass is 1290 g/mol. The normalized spacial score (nSPS) is 18.9. The number of phenols is 6. The number of fused-ring (bicyclic) bond motifs is 8. The maximum Gasteiger partial charge on any atom is 0.168 e. The highest BCUT2D eigenvalue weighted by Crippen LogP contribution is 2.58. The number of hydrogen-bond acceptors (Lipinski definition) is 19. The molecule has 1 unspecified atom stereocenters. The van der Waals surface area contributed by atoms with Crippen LogP contribution < -0.4 is 58.6 Å². The van der Waals surface area contributed by atoms with Gasteiger partial charge in [0.1, 0.15) is 5.75 Å². The minimum atomic E-state index is 0.128. The SMILES string of the molecule is COc1cc2c(cc1O)C[C@@H]1NCC(C)c3cc(O)c(OC)c-2c31.COc1cc2c(cc1O)C[C@@H]1NCCc3cc(C)c(OC)c-2c31.COc1cc2c(cc1O)C[C@H]1c3c(cc(O)c(OC)c3-2)CCN1C.COc1cc2c(cc1OC)-c1c(OC)c(O)cc3c1[C@H](C2)NCC3. The van der Waals surface area contributed by atoms with E-state index in [9.17, 15) is 30.6 Å². The van der Waals surface area contributed by atoms with Crippen LogP contribution in [0, 0.1) is 6.92 Å². The molecule has 4 heterocycles. The Kier molecular flexibility index (Phi) is 17.4. The van der Waals surface area contributed by atoms with Crippen LogP contribution in [0.4, 0.5) is 0 Å². The van der Waals surface area contributed by atoms with Gasteiger partial charge in [0, 0.05) is 59.5 Å². The first-order chi connectivity index (χ1) is 45.9. The van der Waals surface area contributed by atoms with Crippen molar-refractivity contribution in [1.29, 1.82) is 0 Å². The van der Waals surface area contributed by atoms with E-state index in [2.05, 4.69) is 47.8 Å². The lowest BCUT2D eigenvalue weighted by atomic mass is 9.75. The molecule has 0 fully saturated rings. The number of aryl methyl sites for hydroxylation is 1. The third-order valence-corrected chi connectivity index (χ3v) is 20.5. The summed E-state index contributed by atoms with van der Waals surface area (Å²) in [5.74, 6) is 6.43. The number of benzene rings is 8. The molecule has 16 rings (SSSR count). The molecule has 8 aliphatic rings. The molecule has 8 aromatic rings. The third kappa shape index (κ3) is 10.9. The fourth-order valence-corrected chi connectivity index (χ4v) is 16.2. The summed E-state index contributed by atoms with van der Waals surface area (Å²) in [6.45, 7) is 7.95. The van der Waals surface area contributed by atoms with Crippen molar-refractivity contribution in [3.63, 3.8) is 0 Å². The Labute approximate surface area is 553 Å². The Balaban J connectivity index is 0.000000115. The number of hydrogen-bond donors (Lipinski definition) is 9. The van der Waals surface area contributed by atoms with Gasteiger partial charge in [-0.25, -0.2) is 0 Å². The number of nitrogens with one attached hydrogen (secondary N) is 3. The average molecular weight is 1290 g/mol. The van der Waals surface area contributed by atoms with E-state index >= 15 is 0 Å². The molecule has 0 spiro atoms. The average Bonchev–Trinajstić information content (AvgIpc) is 0.753. The number of nitrogens with zero attached hydrogens (tertiary/aromatic N) is 1. The highest BCUT2D eigenvalue weighted by Gasteiger charge is 2.40.